The molecule has 1 atom stereocenters. The van der Waals surface area contributed by atoms with Gasteiger partial charge in [-0.05, 0) is 24.3 Å². The lowest BCUT2D eigenvalue weighted by atomic mass is 10.0. The number of nitrogens with zero attached hydrogens (tertiary/aromatic N) is 2. The Hall–Kier alpha value is -2.70. The molecule has 140 valence electrons. The van der Waals surface area contributed by atoms with E-state index in [1.807, 2.05) is 18.2 Å². The van der Waals surface area contributed by atoms with Crippen molar-refractivity contribution < 1.29 is 13.5 Å². The van der Waals surface area contributed by atoms with Crippen LogP contribution in [-0.4, -0.2) is 36.6 Å². The molecule has 0 saturated carbocycles. The van der Waals surface area contributed by atoms with E-state index >= 15 is 0 Å². The minimum absolute atomic E-state index is 0.184. The second kappa shape index (κ2) is 7.90. The third kappa shape index (κ3) is 3.86. The van der Waals surface area contributed by atoms with Crippen LogP contribution >= 0.6 is 0 Å². The highest BCUT2D eigenvalue weighted by Crippen LogP contribution is 2.31. The maximum atomic E-state index is 13.4. The minimum atomic E-state index is -0.300. The molecular weight excluding hydrogens is 345 g/mol. The molecule has 1 aromatic heterocycles. The predicted molar refractivity (Wildman–Crippen MR) is 101 cm³/mol. The summed E-state index contributed by atoms with van der Waals surface area (Å²) in [6.07, 6.45) is 1.65. The number of methoxy groups -OCH3 is 1. The molecule has 27 heavy (non-hydrogen) atoms. The van der Waals surface area contributed by atoms with E-state index in [1.165, 1.54) is 12.1 Å². The Balaban J connectivity index is 1.55. The van der Waals surface area contributed by atoms with Crippen molar-refractivity contribution in [3.8, 4) is 17.2 Å². The van der Waals surface area contributed by atoms with Crippen molar-refractivity contribution in [1.29, 1.82) is 0 Å². The molecule has 1 N–H and O–H groups in total. The number of nitrogens with one attached hydrogen (secondary N) is 1. The highest BCUT2D eigenvalue weighted by atomic mass is 19.1. The number of hydrogen-bond donors (Lipinski definition) is 1. The van der Waals surface area contributed by atoms with Gasteiger partial charge in [0, 0.05) is 37.3 Å². The summed E-state index contributed by atoms with van der Waals surface area (Å²) in [6.45, 7) is 3.31. The molecule has 1 aliphatic heterocycles. The SMILES string of the molecule is COc1ccccc1C1CNCCN1Cc1coc(-c2cccc(F)c2)n1. The first-order valence-electron chi connectivity index (χ1n) is 9.02. The average molecular weight is 367 g/mol. The Bertz CT molecular complexity index is 912. The standard InChI is InChI=1S/C21H22FN3O2/c1-26-20-8-3-2-7-18(20)19-12-23-9-10-25(19)13-17-14-27-21(24-17)15-5-4-6-16(22)11-15/h2-8,11,14,19,23H,9-10,12-13H2,1H3. The van der Waals surface area contributed by atoms with Gasteiger partial charge in [-0.3, -0.25) is 4.90 Å². The molecule has 0 radical (unpaired) electrons. The third-order valence-corrected chi connectivity index (χ3v) is 4.84. The van der Waals surface area contributed by atoms with Crippen molar-refractivity contribution in [2.45, 2.75) is 12.6 Å². The lowest BCUT2D eigenvalue weighted by Crippen LogP contribution is -2.45. The number of hydrogen-bond acceptors (Lipinski definition) is 5. The molecule has 1 saturated heterocycles. The predicted octanol–water partition coefficient (Wildman–Crippen LogP) is 3.64. The van der Waals surface area contributed by atoms with Crippen LogP contribution in [0.2, 0.25) is 0 Å². The number of aromatic nitrogens is 1. The number of oxazole rings is 1. The van der Waals surface area contributed by atoms with Gasteiger partial charge in [0.05, 0.1) is 18.8 Å². The van der Waals surface area contributed by atoms with Gasteiger partial charge in [-0.15, -0.1) is 0 Å². The third-order valence-electron chi connectivity index (χ3n) is 4.84. The topological polar surface area (TPSA) is 50.5 Å². The molecule has 1 aliphatic rings. The summed E-state index contributed by atoms with van der Waals surface area (Å²) in [5, 5.41) is 3.45. The van der Waals surface area contributed by atoms with Crippen LogP contribution in [-0.2, 0) is 6.54 Å². The molecule has 0 bridgehead atoms. The molecule has 1 unspecified atom stereocenters. The quantitative estimate of drug-likeness (QED) is 0.746. The van der Waals surface area contributed by atoms with E-state index < -0.39 is 0 Å². The van der Waals surface area contributed by atoms with E-state index in [0.29, 0.717) is 18.0 Å². The monoisotopic (exact) mass is 367 g/mol. The van der Waals surface area contributed by atoms with Crippen molar-refractivity contribution in [3.63, 3.8) is 0 Å². The van der Waals surface area contributed by atoms with E-state index in [4.69, 9.17) is 9.15 Å². The summed E-state index contributed by atoms with van der Waals surface area (Å²) in [7, 11) is 1.70. The Morgan fingerprint density at radius 3 is 3.00 bits per heavy atom. The number of rotatable bonds is 5. The highest BCUT2D eigenvalue weighted by molar-refractivity contribution is 5.52. The second-order valence-corrected chi connectivity index (χ2v) is 6.59. The van der Waals surface area contributed by atoms with Crippen LogP contribution < -0.4 is 10.1 Å². The summed E-state index contributed by atoms with van der Waals surface area (Å²) in [6, 6.07) is 14.6. The normalized spacial score (nSPS) is 17.8. The van der Waals surface area contributed by atoms with Crippen LogP contribution in [0.3, 0.4) is 0 Å². The van der Waals surface area contributed by atoms with Gasteiger partial charge >= 0.3 is 0 Å². The Morgan fingerprint density at radius 2 is 2.15 bits per heavy atom. The average Bonchev–Trinajstić information content (AvgIpc) is 3.17. The van der Waals surface area contributed by atoms with Gasteiger partial charge in [0.1, 0.15) is 17.8 Å². The number of ether oxygens (including phenoxy) is 1. The number of halogens is 1. The zero-order valence-corrected chi connectivity index (χ0v) is 15.2. The molecular formula is C21H22FN3O2. The first-order valence-corrected chi connectivity index (χ1v) is 9.02. The fourth-order valence-corrected chi connectivity index (χ4v) is 3.53. The number of benzene rings is 2. The van der Waals surface area contributed by atoms with Crippen molar-refractivity contribution in [1.82, 2.24) is 15.2 Å². The van der Waals surface area contributed by atoms with Crippen LogP contribution in [0.25, 0.3) is 11.5 Å². The van der Waals surface area contributed by atoms with E-state index in [0.717, 1.165) is 36.6 Å². The van der Waals surface area contributed by atoms with Gasteiger partial charge in [0.25, 0.3) is 0 Å². The van der Waals surface area contributed by atoms with E-state index in [2.05, 4.69) is 21.3 Å². The maximum Gasteiger partial charge on any atom is 0.226 e. The zero-order chi connectivity index (χ0) is 18.6. The molecule has 0 spiro atoms. The van der Waals surface area contributed by atoms with Crippen molar-refractivity contribution >= 4 is 0 Å². The molecule has 4 rings (SSSR count). The molecule has 1 fully saturated rings. The van der Waals surface area contributed by atoms with E-state index in [1.54, 1.807) is 25.5 Å². The first-order chi connectivity index (χ1) is 13.2. The van der Waals surface area contributed by atoms with Crippen LogP contribution in [0, 0.1) is 5.82 Å². The molecule has 3 aromatic rings. The van der Waals surface area contributed by atoms with Crippen molar-refractivity contribution in [2.75, 3.05) is 26.7 Å². The van der Waals surface area contributed by atoms with Gasteiger partial charge in [-0.25, -0.2) is 9.37 Å². The Labute approximate surface area is 157 Å². The Morgan fingerprint density at radius 1 is 1.26 bits per heavy atom. The van der Waals surface area contributed by atoms with E-state index in [9.17, 15) is 4.39 Å². The minimum Gasteiger partial charge on any atom is -0.496 e. The summed E-state index contributed by atoms with van der Waals surface area (Å²) in [5.74, 6) is 1.02. The second-order valence-electron chi connectivity index (χ2n) is 6.59. The lowest BCUT2D eigenvalue weighted by Gasteiger charge is -2.36. The molecule has 5 nitrogen and oxygen atoms in total. The highest BCUT2D eigenvalue weighted by Gasteiger charge is 2.27. The molecule has 0 amide bonds. The number of piperazine rings is 1. The summed E-state index contributed by atoms with van der Waals surface area (Å²) in [5.41, 5.74) is 2.62. The Kier molecular flexibility index (Phi) is 5.18. The smallest absolute Gasteiger partial charge is 0.226 e. The van der Waals surface area contributed by atoms with Gasteiger partial charge in [-0.1, -0.05) is 24.3 Å². The fraction of sp³-hybridized carbons (Fsp3) is 0.286. The summed E-state index contributed by atoms with van der Waals surface area (Å²) >= 11 is 0. The summed E-state index contributed by atoms with van der Waals surface area (Å²) in [4.78, 5) is 6.92. The number of para-hydroxylation sites is 1. The molecule has 6 heteroatoms. The van der Waals surface area contributed by atoms with Crippen LogP contribution in [0.15, 0.2) is 59.2 Å². The molecule has 2 heterocycles. The first kappa shape index (κ1) is 17.7. The lowest BCUT2D eigenvalue weighted by molar-refractivity contribution is 0.149. The molecule has 2 aromatic carbocycles. The van der Waals surface area contributed by atoms with Gasteiger partial charge < -0.3 is 14.5 Å². The van der Waals surface area contributed by atoms with E-state index in [-0.39, 0.29) is 11.9 Å². The summed E-state index contributed by atoms with van der Waals surface area (Å²) < 4.78 is 24.6. The van der Waals surface area contributed by atoms with Gasteiger partial charge in [0.15, 0.2) is 0 Å². The van der Waals surface area contributed by atoms with Crippen LogP contribution in [0.4, 0.5) is 4.39 Å². The maximum absolute atomic E-state index is 13.4. The zero-order valence-electron chi connectivity index (χ0n) is 15.2. The van der Waals surface area contributed by atoms with Gasteiger partial charge in [0.2, 0.25) is 5.89 Å². The van der Waals surface area contributed by atoms with Crippen molar-refractivity contribution in [3.05, 3.63) is 71.9 Å². The van der Waals surface area contributed by atoms with Crippen LogP contribution in [0.5, 0.6) is 5.75 Å². The molecule has 0 aliphatic carbocycles. The van der Waals surface area contributed by atoms with Gasteiger partial charge in [-0.2, -0.15) is 0 Å². The van der Waals surface area contributed by atoms with Crippen LogP contribution in [0.1, 0.15) is 17.3 Å². The fourth-order valence-electron chi connectivity index (χ4n) is 3.53. The van der Waals surface area contributed by atoms with Crippen molar-refractivity contribution in [2.24, 2.45) is 0 Å². The largest absolute Gasteiger partial charge is 0.496 e.